The molecule has 0 unspecified atom stereocenters. The molecule has 0 aromatic rings. The van der Waals surface area contributed by atoms with Gasteiger partial charge in [-0.15, -0.1) is 0 Å². The predicted octanol–water partition coefficient (Wildman–Crippen LogP) is 1.64. The van der Waals surface area contributed by atoms with E-state index in [1.54, 1.807) is 7.11 Å². The molecule has 68 valence electrons. The summed E-state index contributed by atoms with van der Waals surface area (Å²) < 4.78 is 4.98. The highest BCUT2D eigenvalue weighted by molar-refractivity contribution is 4.67. The molecule has 0 amide bonds. The van der Waals surface area contributed by atoms with Crippen molar-refractivity contribution in [3.8, 4) is 0 Å². The van der Waals surface area contributed by atoms with E-state index in [4.69, 9.17) is 9.57 Å². The molecule has 0 aromatic heterocycles. The standard InChI is InChI=1S/C8H19NO2/c1-6-11-9(7-10-5)8(2,3)4/h6-7H2,1-5H3. The van der Waals surface area contributed by atoms with Crippen LogP contribution in [0.1, 0.15) is 27.7 Å². The molecule has 0 atom stereocenters. The van der Waals surface area contributed by atoms with Gasteiger partial charge < -0.3 is 4.74 Å². The molecule has 3 nitrogen and oxygen atoms in total. The SMILES string of the molecule is CCON(COC)C(C)(C)C. The fourth-order valence-electron chi connectivity index (χ4n) is 0.698. The minimum absolute atomic E-state index is 0.00597. The van der Waals surface area contributed by atoms with Crippen molar-refractivity contribution >= 4 is 0 Å². The molecule has 0 aliphatic heterocycles. The van der Waals surface area contributed by atoms with Crippen molar-refractivity contribution in [3.63, 3.8) is 0 Å². The minimum atomic E-state index is 0.00597. The fraction of sp³-hybridized carbons (Fsp3) is 1.00. The predicted molar refractivity (Wildman–Crippen MR) is 45.1 cm³/mol. The Morgan fingerprint density at radius 1 is 1.27 bits per heavy atom. The van der Waals surface area contributed by atoms with Gasteiger partial charge in [-0.2, -0.15) is 5.06 Å². The number of hydroxylamine groups is 2. The zero-order valence-corrected chi connectivity index (χ0v) is 8.18. The lowest BCUT2D eigenvalue weighted by molar-refractivity contribution is -0.244. The van der Waals surface area contributed by atoms with Gasteiger partial charge in [0.15, 0.2) is 0 Å². The molecule has 0 saturated carbocycles. The van der Waals surface area contributed by atoms with Crippen molar-refractivity contribution in [1.29, 1.82) is 0 Å². The van der Waals surface area contributed by atoms with Crippen LogP contribution in [0.2, 0.25) is 0 Å². The van der Waals surface area contributed by atoms with Crippen LogP contribution >= 0.6 is 0 Å². The monoisotopic (exact) mass is 161 g/mol. The molecular weight excluding hydrogens is 142 g/mol. The van der Waals surface area contributed by atoms with Crippen LogP contribution in [0.4, 0.5) is 0 Å². The van der Waals surface area contributed by atoms with E-state index in [9.17, 15) is 0 Å². The zero-order chi connectivity index (χ0) is 8.91. The van der Waals surface area contributed by atoms with Crippen LogP contribution in [-0.4, -0.2) is 31.0 Å². The van der Waals surface area contributed by atoms with Gasteiger partial charge >= 0.3 is 0 Å². The maximum atomic E-state index is 5.36. The zero-order valence-electron chi connectivity index (χ0n) is 8.18. The molecule has 0 spiro atoms. The Morgan fingerprint density at radius 2 is 1.82 bits per heavy atom. The molecule has 0 aromatic carbocycles. The quantitative estimate of drug-likeness (QED) is 0.462. The first-order chi connectivity index (χ1) is 5.02. The number of nitrogens with zero attached hydrogens (tertiary/aromatic N) is 1. The van der Waals surface area contributed by atoms with Gasteiger partial charge in [0.05, 0.1) is 6.61 Å². The average Bonchev–Trinajstić information content (AvgIpc) is 1.85. The maximum Gasteiger partial charge on any atom is 0.122 e. The Bertz CT molecular complexity index is 92.8. The topological polar surface area (TPSA) is 21.7 Å². The molecule has 0 aliphatic rings. The third-order valence-corrected chi connectivity index (χ3v) is 1.28. The lowest BCUT2D eigenvalue weighted by Crippen LogP contribution is -2.42. The maximum absolute atomic E-state index is 5.36. The van der Waals surface area contributed by atoms with E-state index < -0.39 is 0 Å². The summed E-state index contributed by atoms with van der Waals surface area (Å²) in [5.41, 5.74) is 0.00597. The average molecular weight is 161 g/mol. The molecule has 0 N–H and O–H groups in total. The van der Waals surface area contributed by atoms with E-state index in [2.05, 4.69) is 20.8 Å². The van der Waals surface area contributed by atoms with Crippen molar-refractivity contribution in [3.05, 3.63) is 0 Å². The lowest BCUT2D eigenvalue weighted by atomic mass is 10.1. The van der Waals surface area contributed by atoms with Gasteiger partial charge in [0.2, 0.25) is 0 Å². The third kappa shape index (κ3) is 4.35. The van der Waals surface area contributed by atoms with E-state index >= 15 is 0 Å². The summed E-state index contributed by atoms with van der Waals surface area (Å²) in [5, 5.41) is 1.83. The highest BCUT2D eigenvalue weighted by Gasteiger charge is 2.21. The van der Waals surface area contributed by atoms with E-state index in [0.717, 1.165) is 0 Å². The van der Waals surface area contributed by atoms with Crippen LogP contribution in [0.15, 0.2) is 0 Å². The summed E-state index contributed by atoms with van der Waals surface area (Å²) in [6.45, 7) is 9.41. The van der Waals surface area contributed by atoms with Gasteiger partial charge in [-0.05, 0) is 27.7 Å². The van der Waals surface area contributed by atoms with Gasteiger partial charge in [0.1, 0.15) is 6.73 Å². The smallest absolute Gasteiger partial charge is 0.122 e. The number of rotatable bonds is 4. The normalized spacial score (nSPS) is 12.5. The van der Waals surface area contributed by atoms with Crippen LogP contribution in [0.5, 0.6) is 0 Å². The second-order valence-corrected chi connectivity index (χ2v) is 3.38. The summed E-state index contributed by atoms with van der Waals surface area (Å²) in [4.78, 5) is 5.36. The number of hydrogen-bond acceptors (Lipinski definition) is 3. The van der Waals surface area contributed by atoms with E-state index in [0.29, 0.717) is 13.3 Å². The Morgan fingerprint density at radius 3 is 2.09 bits per heavy atom. The molecule has 0 radical (unpaired) electrons. The summed E-state index contributed by atoms with van der Waals surface area (Å²) in [6, 6.07) is 0. The minimum Gasteiger partial charge on any atom is -0.367 e. The van der Waals surface area contributed by atoms with E-state index in [1.165, 1.54) is 0 Å². The van der Waals surface area contributed by atoms with Gasteiger partial charge in [-0.1, -0.05) is 0 Å². The van der Waals surface area contributed by atoms with Crippen LogP contribution in [0, 0.1) is 0 Å². The first-order valence-electron chi connectivity index (χ1n) is 3.92. The molecule has 3 heteroatoms. The van der Waals surface area contributed by atoms with Crippen LogP contribution in [-0.2, 0) is 9.57 Å². The largest absolute Gasteiger partial charge is 0.367 e. The van der Waals surface area contributed by atoms with Crippen molar-refractivity contribution in [1.82, 2.24) is 5.06 Å². The van der Waals surface area contributed by atoms with Crippen LogP contribution < -0.4 is 0 Å². The highest BCUT2D eigenvalue weighted by Crippen LogP contribution is 2.12. The molecule has 11 heavy (non-hydrogen) atoms. The third-order valence-electron chi connectivity index (χ3n) is 1.28. The van der Waals surface area contributed by atoms with Gasteiger partial charge in [-0.3, -0.25) is 4.84 Å². The van der Waals surface area contributed by atoms with Crippen LogP contribution in [0.3, 0.4) is 0 Å². The molecule has 0 aliphatic carbocycles. The van der Waals surface area contributed by atoms with Gasteiger partial charge in [-0.25, -0.2) is 0 Å². The molecule has 0 fully saturated rings. The van der Waals surface area contributed by atoms with Crippen molar-refractivity contribution in [2.24, 2.45) is 0 Å². The van der Waals surface area contributed by atoms with E-state index in [-0.39, 0.29) is 5.54 Å². The Hall–Kier alpha value is -0.120. The first-order valence-corrected chi connectivity index (χ1v) is 3.92. The van der Waals surface area contributed by atoms with Crippen molar-refractivity contribution in [2.45, 2.75) is 33.2 Å². The second kappa shape index (κ2) is 4.70. The first kappa shape index (κ1) is 10.9. The molecule has 0 rings (SSSR count). The van der Waals surface area contributed by atoms with Crippen molar-refractivity contribution < 1.29 is 9.57 Å². The summed E-state index contributed by atoms with van der Waals surface area (Å²) in [5.74, 6) is 0. The lowest BCUT2D eigenvalue weighted by Gasteiger charge is -2.32. The Balaban J connectivity index is 3.88. The summed E-state index contributed by atoms with van der Waals surface area (Å²) in [7, 11) is 1.66. The van der Waals surface area contributed by atoms with Crippen LogP contribution in [0.25, 0.3) is 0 Å². The Labute approximate surface area is 69.2 Å². The molecule has 0 heterocycles. The van der Waals surface area contributed by atoms with Gasteiger partial charge in [0.25, 0.3) is 0 Å². The Kier molecular flexibility index (Phi) is 4.65. The van der Waals surface area contributed by atoms with Crippen molar-refractivity contribution in [2.75, 3.05) is 20.4 Å². The van der Waals surface area contributed by atoms with Gasteiger partial charge in [0, 0.05) is 12.6 Å². The highest BCUT2D eigenvalue weighted by atomic mass is 16.7. The van der Waals surface area contributed by atoms with E-state index in [1.807, 2.05) is 12.0 Å². The molecule has 0 saturated heterocycles. The summed E-state index contributed by atoms with van der Waals surface area (Å²) in [6.07, 6.45) is 0. The molecule has 0 bridgehead atoms. The second-order valence-electron chi connectivity index (χ2n) is 3.38. The number of methoxy groups -OCH3 is 1. The summed E-state index contributed by atoms with van der Waals surface area (Å²) >= 11 is 0. The number of ether oxygens (including phenoxy) is 1. The number of hydrogen-bond donors (Lipinski definition) is 0. The fourth-order valence-corrected chi connectivity index (χ4v) is 0.698. The molecular formula is C8H19NO2.